The van der Waals surface area contributed by atoms with E-state index in [1.807, 2.05) is 36.4 Å². The number of rotatable bonds is 3. The van der Waals surface area contributed by atoms with Gasteiger partial charge in [0.2, 0.25) is 0 Å². The van der Waals surface area contributed by atoms with Crippen molar-refractivity contribution in [2.45, 2.75) is 12.8 Å². The largest absolute Gasteiger partial charge is 0.395 e. The summed E-state index contributed by atoms with van der Waals surface area (Å²) in [5, 5.41) is 11.9. The van der Waals surface area contributed by atoms with Gasteiger partial charge in [-0.3, -0.25) is 0 Å². The molecular formula is C18H18ClNO. The molecule has 1 atom stereocenters. The second-order valence-corrected chi connectivity index (χ2v) is 5.74. The van der Waals surface area contributed by atoms with Crippen molar-refractivity contribution in [2.75, 3.05) is 6.61 Å². The smallest absolute Gasteiger partial charge is 0.0541 e. The minimum absolute atomic E-state index is 0.0403. The molecule has 2 aromatic carbocycles. The van der Waals surface area contributed by atoms with Crippen LogP contribution in [0.3, 0.4) is 0 Å². The lowest BCUT2D eigenvalue weighted by Crippen LogP contribution is -2.08. The summed E-state index contributed by atoms with van der Waals surface area (Å²) < 4.78 is 2.17. The molecule has 3 heteroatoms. The number of halogens is 1. The summed E-state index contributed by atoms with van der Waals surface area (Å²) in [5.74, 6) is -0.107. The quantitative estimate of drug-likeness (QED) is 0.768. The maximum atomic E-state index is 9.98. The first kappa shape index (κ1) is 14.2. The second-order valence-electron chi connectivity index (χ2n) is 5.33. The molecule has 21 heavy (non-hydrogen) atoms. The summed E-state index contributed by atoms with van der Waals surface area (Å²) in [5.41, 5.74) is 4.47. The van der Waals surface area contributed by atoms with Gasteiger partial charge in [0.25, 0.3) is 0 Å². The van der Waals surface area contributed by atoms with E-state index in [4.69, 9.17) is 11.6 Å². The minimum Gasteiger partial charge on any atom is -0.395 e. The molecule has 3 rings (SSSR count). The number of nitrogens with zero attached hydrogens (tertiary/aromatic N) is 1. The zero-order valence-corrected chi connectivity index (χ0v) is 12.9. The van der Waals surface area contributed by atoms with Crippen LogP contribution >= 0.6 is 11.6 Å². The molecule has 0 fully saturated rings. The SMILES string of the molecule is Cc1c(C(CO)c2ccccc2Cl)c2ccccc2n1C. The minimum atomic E-state index is -0.107. The van der Waals surface area contributed by atoms with Gasteiger partial charge in [-0.25, -0.2) is 0 Å². The van der Waals surface area contributed by atoms with E-state index in [0.717, 1.165) is 16.8 Å². The van der Waals surface area contributed by atoms with Gasteiger partial charge in [-0.2, -0.15) is 0 Å². The van der Waals surface area contributed by atoms with E-state index in [-0.39, 0.29) is 12.5 Å². The molecular weight excluding hydrogens is 282 g/mol. The Morgan fingerprint density at radius 3 is 2.48 bits per heavy atom. The van der Waals surface area contributed by atoms with E-state index in [1.165, 1.54) is 10.9 Å². The Kier molecular flexibility index (Phi) is 3.75. The number of benzene rings is 2. The van der Waals surface area contributed by atoms with Crippen LogP contribution in [0.2, 0.25) is 5.02 Å². The van der Waals surface area contributed by atoms with Gasteiger partial charge in [0.1, 0.15) is 0 Å². The Hall–Kier alpha value is -1.77. The molecule has 0 bridgehead atoms. The molecule has 0 spiro atoms. The first-order valence-corrected chi connectivity index (χ1v) is 7.42. The van der Waals surface area contributed by atoms with Gasteiger partial charge in [-0.05, 0) is 30.2 Å². The summed E-state index contributed by atoms with van der Waals surface area (Å²) in [7, 11) is 2.06. The first-order chi connectivity index (χ1) is 10.1. The predicted molar refractivity (Wildman–Crippen MR) is 88.0 cm³/mol. The van der Waals surface area contributed by atoms with Gasteiger partial charge in [0.05, 0.1) is 6.61 Å². The van der Waals surface area contributed by atoms with Crippen molar-refractivity contribution < 1.29 is 5.11 Å². The van der Waals surface area contributed by atoms with Gasteiger partial charge >= 0.3 is 0 Å². The highest BCUT2D eigenvalue weighted by Gasteiger charge is 2.23. The maximum Gasteiger partial charge on any atom is 0.0541 e. The lowest BCUT2D eigenvalue weighted by Gasteiger charge is -2.17. The number of fused-ring (bicyclic) bond motifs is 1. The van der Waals surface area contributed by atoms with Crippen molar-refractivity contribution in [2.24, 2.45) is 7.05 Å². The highest BCUT2D eigenvalue weighted by atomic mass is 35.5. The number of aryl methyl sites for hydroxylation is 1. The van der Waals surface area contributed by atoms with Gasteiger partial charge in [0.15, 0.2) is 0 Å². The zero-order valence-electron chi connectivity index (χ0n) is 12.2. The summed E-state index contributed by atoms with van der Waals surface area (Å²) >= 11 is 6.34. The zero-order chi connectivity index (χ0) is 15.0. The molecule has 0 aliphatic carbocycles. The predicted octanol–water partition coefficient (Wildman–Crippen LogP) is 4.26. The molecule has 3 aromatic rings. The lowest BCUT2D eigenvalue weighted by molar-refractivity contribution is 0.281. The highest BCUT2D eigenvalue weighted by Crippen LogP contribution is 2.37. The highest BCUT2D eigenvalue weighted by molar-refractivity contribution is 6.31. The van der Waals surface area contributed by atoms with Crippen LogP contribution < -0.4 is 0 Å². The number of aliphatic hydroxyl groups is 1. The monoisotopic (exact) mass is 299 g/mol. The number of aromatic nitrogens is 1. The topological polar surface area (TPSA) is 25.2 Å². The first-order valence-electron chi connectivity index (χ1n) is 7.04. The van der Waals surface area contributed by atoms with Crippen molar-refractivity contribution in [3.05, 3.63) is 70.4 Å². The summed E-state index contributed by atoms with van der Waals surface area (Å²) in [6.07, 6.45) is 0. The molecule has 0 radical (unpaired) electrons. The van der Waals surface area contributed by atoms with Crippen molar-refractivity contribution in [1.82, 2.24) is 4.57 Å². The van der Waals surface area contributed by atoms with Crippen LogP contribution in [-0.2, 0) is 7.05 Å². The fourth-order valence-corrected chi connectivity index (χ4v) is 3.36. The molecule has 1 unspecified atom stereocenters. The van der Waals surface area contributed by atoms with Crippen molar-refractivity contribution in [1.29, 1.82) is 0 Å². The van der Waals surface area contributed by atoms with Crippen LogP contribution in [-0.4, -0.2) is 16.3 Å². The van der Waals surface area contributed by atoms with Crippen LogP contribution in [0.5, 0.6) is 0 Å². The second kappa shape index (κ2) is 5.55. The Morgan fingerprint density at radius 2 is 1.76 bits per heavy atom. The van der Waals surface area contributed by atoms with Gasteiger partial charge in [0, 0.05) is 34.6 Å². The third-order valence-electron chi connectivity index (χ3n) is 4.26. The van der Waals surface area contributed by atoms with E-state index in [0.29, 0.717) is 5.02 Å². The molecule has 108 valence electrons. The fourth-order valence-electron chi connectivity index (χ4n) is 3.09. The van der Waals surface area contributed by atoms with Crippen molar-refractivity contribution in [3.8, 4) is 0 Å². The number of hydrogen-bond donors (Lipinski definition) is 1. The molecule has 0 saturated carbocycles. The number of aliphatic hydroxyl groups excluding tert-OH is 1. The molecule has 2 nitrogen and oxygen atoms in total. The normalized spacial score (nSPS) is 12.8. The standard InChI is InChI=1S/C18H18ClNO/c1-12-18(14-8-4-6-10-17(14)20(12)2)15(11-21)13-7-3-5-9-16(13)19/h3-10,15,21H,11H2,1-2H3. The molecule has 1 N–H and O–H groups in total. The molecule has 0 aliphatic rings. The third-order valence-corrected chi connectivity index (χ3v) is 4.60. The van der Waals surface area contributed by atoms with Gasteiger partial charge < -0.3 is 9.67 Å². The third kappa shape index (κ3) is 2.25. The van der Waals surface area contributed by atoms with Crippen molar-refractivity contribution in [3.63, 3.8) is 0 Å². The van der Waals surface area contributed by atoms with Crippen LogP contribution in [0.15, 0.2) is 48.5 Å². The summed E-state index contributed by atoms with van der Waals surface area (Å²) in [4.78, 5) is 0. The Morgan fingerprint density at radius 1 is 1.10 bits per heavy atom. The van der Waals surface area contributed by atoms with Crippen molar-refractivity contribution >= 4 is 22.5 Å². The van der Waals surface area contributed by atoms with E-state index >= 15 is 0 Å². The average Bonchev–Trinajstić information content (AvgIpc) is 2.75. The Balaban J connectivity index is 2.28. The van der Waals surface area contributed by atoms with E-state index in [2.05, 4.69) is 30.7 Å². The summed E-state index contributed by atoms with van der Waals surface area (Å²) in [6, 6.07) is 16.0. The molecule has 1 heterocycles. The van der Waals surface area contributed by atoms with Crippen LogP contribution in [0, 0.1) is 6.92 Å². The van der Waals surface area contributed by atoms with E-state index in [9.17, 15) is 5.11 Å². The average molecular weight is 300 g/mol. The fraction of sp³-hybridized carbons (Fsp3) is 0.222. The number of hydrogen-bond acceptors (Lipinski definition) is 1. The van der Waals surface area contributed by atoms with E-state index in [1.54, 1.807) is 0 Å². The van der Waals surface area contributed by atoms with Gasteiger partial charge in [-0.1, -0.05) is 48.0 Å². The van der Waals surface area contributed by atoms with Crippen LogP contribution in [0.25, 0.3) is 10.9 Å². The molecule has 0 aliphatic heterocycles. The Labute approximate surface area is 129 Å². The van der Waals surface area contributed by atoms with Crippen LogP contribution in [0.4, 0.5) is 0 Å². The Bertz CT molecular complexity index is 791. The maximum absolute atomic E-state index is 9.98. The number of para-hydroxylation sites is 1. The van der Waals surface area contributed by atoms with Crippen LogP contribution in [0.1, 0.15) is 22.7 Å². The molecule has 1 aromatic heterocycles. The van der Waals surface area contributed by atoms with Gasteiger partial charge in [-0.15, -0.1) is 0 Å². The lowest BCUT2D eigenvalue weighted by atomic mass is 9.90. The molecule has 0 saturated heterocycles. The van der Waals surface area contributed by atoms with E-state index < -0.39 is 0 Å². The molecule has 0 amide bonds. The summed E-state index contributed by atoms with van der Waals surface area (Å²) in [6.45, 7) is 2.13.